The fourth-order valence-corrected chi connectivity index (χ4v) is 2.89. The van der Waals surface area contributed by atoms with Crippen molar-refractivity contribution >= 4 is 38.9 Å². The average Bonchev–Trinajstić information content (AvgIpc) is 2.84. The molecule has 0 fully saturated rings. The van der Waals surface area contributed by atoms with E-state index < -0.39 is 0 Å². The maximum atomic E-state index is 4.25. The summed E-state index contributed by atoms with van der Waals surface area (Å²) in [5.74, 6) is 1.60. The molecule has 2 aromatic heterocycles. The molecule has 2 rings (SSSR count). The Labute approximate surface area is 119 Å². The molecule has 0 aliphatic rings. The van der Waals surface area contributed by atoms with Crippen LogP contribution in [0.1, 0.15) is 12.5 Å². The second-order valence-electron chi connectivity index (χ2n) is 4.02. The molecule has 0 aliphatic heterocycles. The Bertz CT molecular complexity index is 501. The number of aromatic nitrogens is 2. The SMILES string of the molecule is CNc1ncnc(NC(C)Cc2ccsc2)c1Br. The Morgan fingerprint density at radius 1 is 1.39 bits per heavy atom. The zero-order chi connectivity index (χ0) is 13.0. The number of nitrogens with one attached hydrogen (secondary N) is 2. The van der Waals surface area contributed by atoms with Crippen LogP contribution in [0.3, 0.4) is 0 Å². The minimum atomic E-state index is 0.315. The van der Waals surface area contributed by atoms with Gasteiger partial charge in [0.25, 0.3) is 0 Å². The van der Waals surface area contributed by atoms with Crippen molar-refractivity contribution in [2.45, 2.75) is 19.4 Å². The van der Waals surface area contributed by atoms with Crippen molar-refractivity contribution in [2.24, 2.45) is 0 Å². The summed E-state index contributed by atoms with van der Waals surface area (Å²) in [5, 5.41) is 10.7. The van der Waals surface area contributed by atoms with E-state index in [9.17, 15) is 0 Å². The molecule has 6 heteroatoms. The lowest BCUT2D eigenvalue weighted by molar-refractivity contribution is 0.785. The lowest BCUT2D eigenvalue weighted by Crippen LogP contribution is -2.19. The minimum Gasteiger partial charge on any atom is -0.372 e. The molecule has 0 aromatic carbocycles. The second-order valence-corrected chi connectivity index (χ2v) is 5.59. The highest BCUT2D eigenvalue weighted by molar-refractivity contribution is 9.10. The van der Waals surface area contributed by atoms with Gasteiger partial charge in [-0.2, -0.15) is 11.3 Å². The minimum absolute atomic E-state index is 0.315. The summed E-state index contributed by atoms with van der Waals surface area (Å²) in [4.78, 5) is 8.38. The van der Waals surface area contributed by atoms with Crippen molar-refractivity contribution in [1.82, 2.24) is 9.97 Å². The van der Waals surface area contributed by atoms with Crippen LogP contribution in [0, 0.1) is 0 Å². The molecule has 0 bridgehead atoms. The van der Waals surface area contributed by atoms with Gasteiger partial charge in [-0.15, -0.1) is 0 Å². The summed E-state index contributed by atoms with van der Waals surface area (Å²) in [6.45, 7) is 2.14. The fraction of sp³-hybridized carbons (Fsp3) is 0.333. The van der Waals surface area contributed by atoms with E-state index in [2.05, 4.69) is 60.3 Å². The lowest BCUT2D eigenvalue weighted by Gasteiger charge is -2.15. The van der Waals surface area contributed by atoms with Gasteiger partial charge >= 0.3 is 0 Å². The first-order chi connectivity index (χ1) is 8.70. The van der Waals surface area contributed by atoms with Crippen molar-refractivity contribution in [2.75, 3.05) is 17.7 Å². The van der Waals surface area contributed by atoms with E-state index in [0.717, 1.165) is 22.5 Å². The highest BCUT2D eigenvalue weighted by atomic mass is 79.9. The Morgan fingerprint density at radius 3 is 2.83 bits per heavy atom. The summed E-state index contributed by atoms with van der Waals surface area (Å²) >= 11 is 5.22. The molecule has 2 N–H and O–H groups in total. The average molecular weight is 327 g/mol. The summed E-state index contributed by atoms with van der Waals surface area (Å²) in [6, 6.07) is 2.46. The van der Waals surface area contributed by atoms with Crippen LogP contribution >= 0.6 is 27.3 Å². The Hall–Kier alpha value is -1.14. The summed E-state index contributed by atoms with van der Waals surface area (Å²) in [6.07, 6.45) is 2.53. The first-order valence-corrected chi connectivity index (χ1v) is 7.40. The van der Waals surface area contributed by atoms with E-state index in [4.69, 9.17) is 0 Å². The predicted molar refractivity (Wildman–Crippen MR) is 80.4 cm³/mol. The normalized spacial score (nSPS) is 12.2. The molecule has 4 nitrogen and oxygen atoms in total. The number of hydrogen-bond acceptors (Lipinski definition) is 5. The summed E-state index contributed by atoms with van der Waals surface area (Å²) < 4.78 is 0.865. The van der Waals surface area contributed by atoms with Crippen LogP contribution in [0.15, 0.2) is 27.6 Å². The summed E-state index contributed by atoms with van der Waals surface area (Å²) in [5.41, 5.74) is 1.35. The van der Waals surface area contributed by atoms with Crippen LogP contribution < -0.4 is 10.6 Å². The zero-order valence-corrected chi connectivity index (χ0v) is 12.7. The maximum Gasteiger partial charge on any atom is 0.146 e. The third-order valence-electron chi connectivity index (χ3n) is 2.53. The Kier molecular flexibility index (Phi) is 4.54. The molecule has 96 valence electrons. The maximum absolute atomic E-state index is 4.25. The van der Waals surface area contributed by atoms with Crippen molar-refractivity contribution in [3.63, 3.8) is 0 Å². The Morgan fingerprint density at radius 2 is 2.17 bits per heavy atom. The molecule has 0 aliphatic carbocycles. The zero-order valence-electron chi connectivity index (χ0n) is 10.3. The quantitative estimate of drug-likeness (QED) is 0.884. The topological polar surface area (TPSA) is 49.8 Å². The van der Waals surface area contributed by atoms with E-state index in [1.165, 1.54) is 5.56 Å². The van der Waals surface area contributed by atoms with Gasteiger partial charge < -0.3 is 10.6 Å². The largest absolute Gasteiger partial charge is 0.372 e. The van der Waals surface area contributed by atoms with E-state index in [-0.39, 0.29) is 0 Å². The van der Waals surface area contributed by atoms with Crippen LogP contribution in [0.2, 0.25) is 0 Å². The highest BCUT2D eigenvalue weighted by Gasteiger charge is 2.10. The number of nitrogens with zero attached hydrogens (tertiary/aromatic N) is 2. The van der Waals surface area contributed by atoms with E-state index >= 15 is 0 Å². The molecule has 2 aromatic rings. The summed E-state index contributed by atoms with van der Waals surface area (Å²) in [7, 11) is 1.84. The first kappa shape index (κ1) is 13.3. The third kappa shape index (κ3) is 3.20. The monoisotopic (exact) mass is 326 g/mol. The smallest absolute Gasteiger partial charge is 0.146 e. The van der Waals surface area contributed by atoms with Gasteiger partial charge in [0.15, 0.2) is 0 Å². The van der Waals surface area contributed by atoms with Gasteiger partial charge in [-0.05, 0) is 51.7 Å². The van der Waals surface area contributed by atoms with Crippen LogP contribution in [-0.4, -0.2) is 23.1 Å². The van der Waals surface area contributed by atoms with Gasteiger partial charge in [-0.25, -0.2) is 9.97 Å². The third-order valence-corrected chi connectivity index (χ3v) is 4.01. The van der Waals surface area contributed by atoms with Crippen LogP contribution in [0.25, 0.3) is 0 Å². The number of hydrogen-bond donors (Lipinski definition) is 2. The molecular formula is C12H15BrN4S. The Balaban J connectivity index is 2.05. The van der Waals surface area contributed by atoms with Gasteiger partial charge in [-0.3, -0.25) is 0 Å². The van der Waals surface area contributed by atoms with Crippen LogP contribution in [0.5, 0.6) is 0 Å². The van der Waals surface area contributed by atoms with Gasteiger partial charge in [0.05, 0.1) is 0 Å². The van der Waals surface area contributed by atoms with E-state index in [0.29, 0.717) is 6.04 Å². The van der Waals surface area contributed by atoms with E-state index in [1.54, 1.807) is 17.7 Å². The molecular weight excluding hydrogens is 312 g/mol. The second kappa shape index (κ2) is 6.15. The molecule has 2 heterocycles. The fourth-order valence-electron chi connectivity index (χ4n) is 1.69. The van der Waals surface area contributed by atoms with Crippen LogP contribution in [-0.2, 0) is 6.42 Å². The van der Waals surface area contributed by atoms with Gasteiger partial charge in [0.1, 0.15) is 22.4 Å². The first-order valence-electron chi connectivity index (χ1n) is 5.66. The van der Waals surface area contributed by atoms with Crippen molar-refractivity contribution in [3.8, 4) is 0 Å². The molecule has 0 spiro atoms. The molecule has 0 saturated carbocycles. The number of rotatable bonds is 5. The molecule has 18 heavy (non-hydrogen) atoms. The molecule has 0 amide bonds. The van der Waals surface area contributed by atoms with Gasteiger partial charge in [0.2, 0.25) is 0 Å². The van der Waals surface area contributed by atoms with E-state index in [1.807, 2.05) is 7.05 Å². The van der Waals surface area contributed by atoms with Gasteiger partial charge in [0, 0.05) is 13.1 Å². The molecule has 0 radical (unpaired) electrons. The van der Waals surface area contributed by atoms with Crippen molar-refractivity contribution in [1.29, 1.82) is 0 Å². The molecule has 1 atom stereocenters. The number of anilines is 2. The highest BCUT2D eigenvalue weighted by Crippen LogP contribution is 2.26. The van der Waals surface area contributed by atoms with Crippen molar-refractivity contribution < 1.29 is 0 Å². The van der Waals surface area contributed by atoms with Crippen LogP contribution in [0.4, 0.5) is 11.6 Å². The standard InChI is InChI=1S/C12H15BrN4S/c1-8(5-9-3-4-18-6-9)17-12-10(13)11(14-2)15-7-16-12/h3-4,6-8H,5H2,1-2H3,(H2,14,15,16,17). The number of halogens is 1. The lowest BCUT2D eigenvalue weighted by atomic mass is 10.1. The number of thiophene rings is 1. The predicted octanol–water partition coefficient (Wildman–Crippen LogP) is 3.39. The van der Waals surface area contributed by atoms with Gasteiger partial charge in [-0.1, -0.05) is 0 Å². The molecule has 0 saturated heterocycles. The van der Waals surface area contributed by atoms with Crippen molar-refractivity contribution in [3.05, 3.63) is 33.2 Å². The molecule has 1 unspecified atom stereocenters.